The minimum atomic E-state index is 0.544. The van der Waals surface area contributed by atoms with Gasteiger partial charge in [-0.1, -0.05) is 33.6 Å². The van der Waals surface area contributed by atoms with Gasteiger partial charge in [0.05, 0.1) is 6.61 Å². The van der Waals surface area contributed by atoms with Crippen molar-refractivity contribution in [1.82, 2.24) is 10.2 Å². The zero-order chi connectivity index (χ0) is 13.8. The smallest absolute Gasteiger partial charge is 0.0615 e. The van der Waals surface area contributed by atoms with Crippen molar-refractivity contribution in [3.8, 4) is 0 Å². The summed E-state index contributed by atoms with van der Waals surface area (Å²) in [6.07, 6.45) is 5.30. The van der Waals surface area contributed by atoms with E-state index < -0.39 is 0 Å². The number of methoxy groups -OCH3 is 1. The van der Waals surface area contributed by atoms with Crippen LogP contribution < -0.4 is 5.32 Å². The van der Waals surface area contributed by atoms with E-state index in [1.807, 2.05) is 0 Å². The van der Waals surface area contributed by atoms with Gasteiger partial charge in [0.2, 0.25) is 0 Å². The summed E-state index contributed by atoms with van der Waals surface area (Å²) in [6.45, 7) is 13.2. The molecule has 0 aliphatic rings. The molecule has 3 nitrogen and oxygen atoms in total. The Bertz CT molecular complexity index is 174. The molecule has 1 unspecified atom stereocenters. The minimum Gasteiger partial charge on any atom is -0.383 e. The third-order valence-corrected chi connectivity index (χ3v) is 3.36. The van der Waals surface area contributed by atoms with Crippen LogP contribution in [0.15, 0.2) is 0 Å². The molecule has 0 spiro atoms. The average Bonchev–Trinajstić information content (AvgIpc) is 2.32. The molecule has 0 saturated carbocycles. The van der Waals surface area contributed by atoms with E-state index in [-0.39, 0.29) is 0 Å². The summed E-state index contributed by atoms with van der Waals surface area (Å²) in [4.78, 5) is 2.51. The topological polar surface area (TPSA) is 24.5 Å². The largest absolute Gasteiger partial charge is 0.383 e. The molecule has 0 aliphatic carbocycles. The number of rotatable bonds is 12. The number of unbranched alkanes of at least 4 members (excludes halogenated alkanes) is 3. The number of nitrogens with one attached hydrogen (secondary N) is 1. The quantitative estimate of drug-likeness (QED) is 0.545. The summed E-state index contributed by atoms with van der Waals surface area (Å²) in [5.74, 6) is 0. The molecule has 0 fully saturated rings. The zero-order valence-electron chi connectivity index (χ0n) is 13.2. The van der Waals surface area contributed by atoms with Gasteiger partial charge in [-0.15, -0.1) is 0 Å². The molecular formula is C15H34N2O. The lowest BCUT2D eigenvalue weighted by Gasteiger charge is -2.27. The first-order valence-corrected chi connectivity index (χ1v) is 7.58. The van der Waals surface area contributed by atoms with Crippen molar-refractivity contribution in [2.75, 3.05) is 33.4 Å². The molecule has 0 saturated heterocycles. The van der Waals surface area contributed by atoms with Crippen molar-refractivity contribution in [3.63, 3.8) is 0 Å². The Morgan fingerprint density at radius 3 is 2.28 bits per heavy atom. The van der Waals surface area contributed by atoms with Gasteiger partial charge in [0.15, 0.2) is 0 Å². The highest BCUT2D eigenvalue weighted by molar-refractivity contribution is 4.65. The van der Waals surface area contributed by atoms with E-state index in [2.05, 4.69) is 37.9 Å². The Balaban J connectivity index is 3.45. The van der Waals surface area contributed by atoms with Crippen LogP contribution in [0.2, 0.25) is 0 Å². The van der Waals surface area contributed by atoms with E-state index in [4.69, 9.17) is 4.74 Å². The summed E-state index contributed by atoms with van der Waals surface area (Å²) < 4.78 is 5.22. The maximum atomic E-state index is 5.22. The van der Waals surface area contributed by atoms with Crippen molar-refractivity contribution in [2.24, 2.45) is 0 Å². The Labute approximate surface area is 114 Å². The van der Waals surface area contributed by atoms with Crippen LogP contribution >= 0.6 is 0 Å². The molecule has 0 bridgehead atoms. The van der Waals surface area contributed by atoms with E-state index in [0.717, 1.165) is 19.7 Å². The molecule has 18 heavy (non-hydrogen) atoms. The fourth-order valence-electron chi connectivity index (χ4n) is 2.22. The molecule has 1 atom stereocenters. The predicted molar refractivity (Wildman–Crippen MR) is 80.2 cm³/mol. The molecule has 0 aromatic carbocycles. The zero-order valence-corrected chi connectivity index (χ0v) is 13.2. The maximum absolute atomic E-state index is 5.22. The van der Waals surface area contributed by atoms with Crippen LogP contribution in [0, 0.1) is 0 Å². The standard InChI is InChI=1S/C15H34N2O/c1-6-17(15(4)13-18-5)12-10-8-7-9-11-16-14(2)3/h14-16H,6-13H2,1-5H3. The highest BCUT2D eigenvalue weighted by Crippen LogP contribution is 2.05. The summed E-state index contributed by atoms with van der Waals surface area (Å²) in [5, 5.41) is 3.46. The molecular weight excluding hydrogens is 224 g/mol. The van der Waals surface area contributed by atoms with E-state index >= 15 is 0 Å². The van der Waals surface area contributed by atoms with Gasteiger partial charge in [-0.3, -0.25) is 4.90 Å². The summed E-state index contributed by atoms with van der Waals surface area (Å²) in [6, 6.07) is 1.16. The molecule has 0 radical (unpaired) electrons. The summed E-state index contributed by atoms with van der Waals surface area (Å²) in [7, 11) is 1.78. The molecule has 110 valence electrons. The number of hydrogen-bond acceptors (Lipinski definition) is 3. The lowest BCUT2D eigenvalue weighted by molar-refractivity contribution is 0.101. The van der Waals surface area contributed by atoms with Crippen molar-refractivity contribution < 1.29 is 4.74 Å². The van der Waals surface area contributed by atoms with E-state index in [9.17, 15) is 0 Å². The fourth-order valence-corrected chi connectivity index (χ4v) is 2.22. The Morgan fingerprint density at radius 1 is 1.06 bits per heavy atom. The molecule has 3 heteroatoms. The van der Waals surface area contributed by atoms with Gasteiger partial charge < -0.3 is 10.1 Å². The van der Waals surface area contributed by atoms with Crippen LogP contribution in [-0.4, -0.2) is 50.3 Å². The van der Waals surface area contributed by atoms with Gasteiger partial charge in [0, 0.05) is 19.2 Å². The number of nitrogens with zero attached hydrogens (tertiary/aromatic N) is 1. The Morgan fingerprint density at radius 2 is 1.72 bits per heavy atom. The van der Waals surface area contributed by atoms with Crippen LogP contribution in [0.25, 0.3) is 0 Å². The Kier molecular flexibility index (Phi) is 11.9. The molecule has 0 amide bonds. The SMILES string of the molecule is CCN(CCCCCCNC(C)C)C(C)COC. The molecule has 0 heterocycles. The summed E-state index contributed by atoms with van der Waals surface area (Å²) in [5.41, 5.74) is 0. The predicted octanol–water partition coefficient (Wildman–Crippen LogP) is 2.90. The van der Waals surface area contributed by atoms with Crippen LogP contribution in [-0.2, 0) is 4.74 Å². The molecule has 0 rings (SSSR count). The van der Waals surface area contributed by atoms with E-state index in [1.54, 1.807) is 7.11 Å². The van der Waals surface area contributed by atoms with Crippen molar-refractivity contribution in [2.45, 2.75) is 65.5 Å². The first-order chi connectivity index (χ1) is 8.61. The number of hydrogen-bond donors (Lipinski definition) is 1. The highest BCUT2D eigenvalue weighted by Gasteiger charge is 2.10. The normalized spacial score (nSPS) is 13.5. The minimum absolute atomic E-state index is 0.544. The Hall–Kier alpha value is -0.120. The van der Waals surface area contributed by atoms with Crippen LogP contribution in [0.1, 0.15) is 53.4 Å². The van der Waals surface area contributed by atoms with Crippen molar-refractivity contribution in [3.05, 3.63) is 0 Å². The number of likely N-dealkylation sites (N-methyl/N-ethyl adjacent to an activating group) is 1. The third-order valence-electron chi connectivity index (χ3n) is 3.36. The second kappa shape index (κ2) is 11.9. The monoisotopic (exact) mass is 258 g/mol. The molecule has 0 aromatic heterocycles. The highest BCUT2D eigenvalue weighted by atomic mass is 16.5. The van der Waals surface area contributed by atoms with Crippen LogP contribution in [0.5, 0.6) is 0 Å². The lowest BCUT2D eigenvalue weighted by atomic mass is 10.1. The fraction of sp³-hybridized carbons (Fsp3) is 1.00. The van der Waals surface area contributed by atoms with Gasteiger partial charge in [0.25, 0.3) is 0 Å². The van der Waals surface area contributed by atoms with Crippen molar-refractivity contribution in [1.29, 1.82) is 0 Å². The summed E-state index contributed by atoms with van der Waals surface area (Å²) >= 11 is 0. The van der Waals surface area contributed by atoms with Crippen LogP contribution in [0.4, 0.5) is 0 Å². The lowest BCUT2D eigenvalue weighted by Crippen LogP contribution is -2.36. The van der Waals surface area contributed by atoms with Gasteiger partial charge in [-0.25, -0.2) is 0 Å². The van der Waals surface area contributed by atoms with Crippen molar-refractivity contribution >= 4 is 0 Å². The molecule has 0 aromatic rings. The number of ether oxygens (including phenoxy) is 1. The van der Waals surface area contributed by atoms with E-state index in [1.165, 1.54) is 32.2 Å². The van der Waals surface area contributed by atoms with Gasteiger partial charge >= 0.3 is 0 Å². The molecule has 1 N–H and O–H groups in total. The van der Waals surface area contributed by atoms with Crippen LogP contribution in [0.3, 0.4) is 0 Å². The second-order valence-corrected chi connectivity index (χ2v) is 5.46. The van der Waals surface area contributed by atoms with Gasteiger partial charge in [-0.05, 0) is 39.4 Å². The average molecular weight is 258 g/mol. The first-order valence-electron chi connectivity index (χ1n) is 7.58. The maximum Gasteiger partial charge on any atom is 0.0615 e. The first kappa shape index (κ1) is 17.9. The second-order valence-electron chi connectivity index (χ2n) is 5.46. The van der Waals surface area contributed by atoms with E-state index in [0.29, 0.717) is 12.1 Å². The van der Waals surface area contributed by atoms with Gasteiger partial charge in [0.1, 0.15) is 0 Å². The van der Waals surface area contributed by atoms with Gasteiger partial charge in [-0.2, -0.15) is 0 Å². The third kappa shape index (κ3) is 9.86. The molecule has 0 aliphatic heterocycles.